The lowest BCUT2D eigenvalue weighted by atomic mass is 10.1. The quantitative estimate of drug-likeness (QED) is 0.660. The van der Waals surface area contributed by atoms with Crippen LogP contribution in [-0.2, 0) is 7.05 Å². The fourth-order valence-corrected chi connectivity index (χ4v) is 3.68. The Labute approximate surface area is 173 Å². The number of nitrogens with zero attached hydrogens (tertiary/aromatic N) is 5. The van der Waals surface area contributed by atoms with Gasteiger partial charge in [-0.3, -0.25) is 9.48 Å². The molecule has 10 heteroatoms. The van der Waals surface area contributed by atoms with E-state index in [2.05, 4.69) is 25.7 Å². The Bertz CT molecular complexity index is 1080. The van der Waals surface area contributed by atoms with Gasteiger partial charge in [0.1, 0.15) is 11.1 Å². The van der Waals surface area contributed by atoms with Crippen molar-refractivity contribution in [2.75, 3.05) is 37.5 Å². The molecule has 30 heavy (non-hydrogen) atoms. The Morgan fingerprint density at radius 1 is 1.37 bits per heavy atom. The molecule has 2 aromatic heterocycles. The van der Waals surface area contributed by atoms with Gasteiger partial charge in [0.25, 0.3) is 5.91 Å². The first-order chi connectivity index (χ1) is 14.5. The summed E-state index contributed by atoms with van der Waals surface area (Å²) in [4.78, 5) is 23.6. The van der Waals surface area contributed by atoms with E-state index in [-0.39, 0.29) is 17.0 Å². The number of carbonyl (C=O) groups excluding carboxylic acids is 1. The normalized spacial score (nSPS) is 14.7. The molecule has 9 nitrogen and oxygen atoms in total. The van der Waals surface area contributed by atoms with Crippen LogP contribution in [0.1, 0.15) is 23.2 Å². The molecule has 0 atom stereocenters. The molecular weight excluding hydrogens is 389 g/mol. The standard InChI is InChI=1S/C20H24FN7O2/c1-27-11-12-8-13(9-16(21)17(12)26-27)24-18(29)15-10-23-20(25-19(15)30-3)28(2)14-4-6-22-7-5-14/h8-11,14,22H,4-7H2,1-3H3,(H,24,29). The summed E-state index contributed by atoms with van der Waals surface area (Å²) < 4.78 is 21.2. The van der Waals surface area contributed by atoms with Crippen LogP contribution in [0.15, 0.2) is 24.5 Å². The second-order valence-electron chi connectivity index (χ2n) is 7.34. The highest BCUT2D eigenvalue weighted by molar-refractivity contribution is 6.06. The molecule has 0 spiro atoms. The van der Waals surface area contributed by atoms with Crippen molar-refractivity contribution in [3.8, 4) is 5.88 Å². The number of methoxy groups -OCH3 is 1. The van der Waals surface area contributed by atoms with Gasteiger partial charge in [-0.15, -0.1) is 0 Å². The summed E-state index contributed by atoms with van der Waals surface area (Å²) >= 11 is 0. The number of hydrogen-bond acceptors (Lipinski definition) is 7. The van der Waals surface area contributed by atoms with E-state index >= 15 is 0 Å². The first-order valence-electron chi connectivity index (χ1n) is 9.75. The Balaban J connectivity index is 1.56. The first kappa shape index (κ1) is 20.0. The van der Waals surface area contributed by atoms with Crippen molar-refractivity contribution >= 4 is 28.4 Å². The summed E-state index contributed by atoms with van der Waals surface area (Å²) in [5, 5.41) is 10.7. The van der Waals surface area contributed by atoms with E-state index in [9.17, 15) is 9.18 Å². The van der Waals surface area contributed by atoms with Gasteiger partial charge in [-0.1, -0.05) is 0 Å². The van der Waals surface area contributed by atoms with Crippen LogP contribution >= 0.6 is 0 Å². The maximum absolute atomic E-state index is 14.3. The van der Waals surface area contributed by atoms with Gasteiger partial charge >= 0.3 is 0 Å². The van der Waals surface area contributed by atoms with Crippen molar-refractivity contribution in [1.29, 1.82) is 0 Å². The van der Waals surface area contributed by atoms with E-state index < -0.39 is 11.7 Å². The molecule has 1 fully saturated rings. The first-order valence-corrected chi connectivity index (χ1v) is 9.75. The maximum Gasteiger partial charge on any atom is 0.262 e. The summed E-state index contributed by atoms with van der Waals surface area (Å²) in [6, 6.07) is 3.22. The number of piperidine rings is 1. The number of carbonyl (C=O) groups is 1. The Morgan fingerprint density at radius 3 is 2.87 bits per heavy atom. The molecule has 0 aliphatic carbocycles. The van der Waals surface area contributed by atoms with Gasteiger partial charge < -0.3 is 20.3 Å². The van der Waals surface area contributed by atoms with E-state index in [1.807, 2.05) is 11.9 Å². The number of hydrogen-bond donors (Lipinski definition) is 2. The van der Waals surface area contributed by atoms with E-state index in [0.717, 1.165) is 25.9 Å². The number of amides is 1. The highest BCUT2D eigenvalue weighted by Crippen LogP contribution is 2.25. The fourth-order valence-electron chi connectivity index (χ4n) is 3.68. The smallest absolute Gasteiger partial charge is 0.262 e. The van der Waals surface area contributed by atoms with Crippen molar-refractivity contribution in [2.24, 2.45) is 7.05 Å². The van der Waals surface area contributed by atoms with Crippen LogP contribution in [0.2, 0.25) is 0 Å². The molecule has 1 aliphatic rings. The van der Waals surface area contributed by atoms with Gasteiger partial charge in [0.15, 0.2) is 5.82 Å². The molecule has 3 aromatic rings. The van der Waals surface area contributed by atoms with Crippen molar-refractivity contribution in [2.45, 2.75) is 18.9 Å². The number of halogens is 1. The Kier molecular flexibility index (Phi) is 5.49. The second-order valence-corrected chi connectivity index (χ2v) is 7.34. The minimum Gasteiger partial charge on any atom is -0.480 e. The minimum absolute atomic E-state index is 0.168. The summed E-state index contributed by atoms with van der Waals surface area (Å²) in [5.41, 5.74) is 0.740. The molecule has 0 bridgehead atoms. The number of rotatable bonds is 5. The number of fused-ring (bicyclic) bond motifs is 1. The number of nitrogens with one attached hydrogen (secondary N) is 2. The monoisotopic (exact) mass is 413 g/mol. The maximum atomic E-state index is 14.3. The molecule has 0 radical (unpaired) electrons. The zero-order chi connectivity index (χ0) is 21.3. The molecule has 0 unspecified atom stereocenters. The Morgan fingerprint density at radius 2 is 2.13 bits per heavy atom. The van der Waals surface area contributed by atoms with E-state index in [0.29, 0.717) is 23.1 Å². The molecule has 158 valence electrons. The minimum atomic E-state index is -0.509. The lowest BCUT2D eigenvalue weighted by Crippen LogP contribution is -2.42. The van der Waals surface area contributed by atoms with Crippen molar-refractivity contribution < 1.29 is 13.9 Å². The SMILES string of the molecule is COc1nc(N(C)C2CCNCC2)ncc1C(=O)Nc1cc(F)c2nn(C)cc2c1. The van der Waals surface area contributed by atoms with Gasteiger partial charge in [-0.25, -0.2) is 9.37 Å². The molecular formula is C20H24FN7O2. The van der Waals surface area contributed by atoms with Crippen molar-refractivity contribution in [3.63, 3.8) is 0 Å². The number of anilines is 2. The van der Waals surface area contributed by atoms with Crippen LogP contribution < -0.4 is 20.3 Å². The summed E-state index contributed by atoms with van der Waals surface area (Å²) in [6.45, 7) is 1.90. The number of benzene rings is 1. The summed E-state index contributed by atoms with van der Waals surface area (Å²) in [5.74, 6) is -0.324. The predicted octanol–water partition coefficient (Wildman–Crippen LogP) is 1.95. The van der Waals surface area contributed by atoms with Gasteiger partial charge in [0.05, 0.1) is 7.11 Å². The average Bonchev–Trinajstić information content (AvgIpc) is 3.14. The van der Waals surface area contributed by atoms with Crippen LogP contribution in [0.3, 0.4) is 0 Å². The second kappa shape index (κ2) is 8.23. The van der Waals surface area contributed by atoms with Gasteiger partial charge in [0, 0.05) is 43.6 Å². The van der Waals surface area contributed by atoms with E-state index in [1.165, 1.54) is 24.1 Å². The number of aryl methyl sites for hydroxylation is 1. The largest absolute Gasteiger partial charge is 0.480 e. The van der Waals surface area contributed by atoms with Gasteiger partial charge in [0.2, 0.25) is 11.8 Å². The van der Waals surface area contributed by atoms with Crippen LogP contribution in [0.4, 0.5) is 16.0 Å². The van der Waals surface area contributed by atoms with Crippen molar-refractivity contribution in [3.05, 3.63) is 35.9 Å². The molecule has 1 amide bonds. The number of aromatic nitrogens is 4. The lowest BCUT2D eigenvalue weighted by molar-refractivity contribution is 0.102. The van der Waals surface area contributed by atoms with Crippen LogP contribution in [-0.4, -0.2) is 58.9 Å². The molecule has 4 rings (SSSR count). The predicted molar refractivity (Wildman–Crippen MR) is 112 cm³/mol. The van der Waals surface area contributed by atoms with Crippen LogP contribution in [0, 0.1) is 5.82 Å². The third kappa shape index (κ3) is 3.90. The zero-order valence-electron chi connectivity index (χ0n) is 17.1. The van der Waals surface area contributed by atoms with Gasteiger partial charge in [-0.2, -0.15) is 10.1 Å². The summed E-state index contributed by atoms with van der Waals surface area (Å²) in [6.07, 6.45) is 5.11. The highest BCUT2D eigenvalue weighted by Gasteiger charge is 2.23. The van der Waals surface area contributed by atoms with Crippen LogP contribution in [0.5, 0.6) is 5.88 Å². The van der Waals surface area contributed by atoms with E-state index in [4.69, 9.17) is 4.74 Å². The topological polar surface area (TPSA) is 97.2 Å². The molecule has 1 aromatic carbocycles. The summed E-state index contributed by atoms with van der Waals surface area (Å²) in [7, 11) is 5.10. The molecule has 1 saturated heterocycles. The molecule has 2 N–H and O–H groups in total. The number of ether oxygens (including phenoxy) is 1. The fraction of sp³-hybridized carbons (Fsp3) is 0.400. The zero-order valence-corrected chi connectivity index (χ0v) is 17.1. The lowest BCUT2D eigenvalue weighted by Gasteiger charge is -2.31. The molecule has 1 aliphatic heterocycles. The molecule has 0 saturated carbocycles. The molecule has 3 heterocycles. The average molecular weight is 413 g/mol. The third-order valence-corrected chi connectivity index (χ3v) is 5.29. The van der Waals surface area contributed by atoms with Crippen molar-refractivity contribution in [1.82, 2.24) is 25.1 Å². The highest BCUT2D eigenvalue weighted by atomic mass is 19.1. The Hall–Kier alpha value is -3.27. The van der Waals surface area contributed by atoms with Crippen LogP contribution in [0.25, 0.3) is 10.9 Å². The van der Waals surface area contributed by atoms with Gasteiger partial charge in [-0.05, 0) is 38.1 Å². The van der Waals surface area contributed by atoms with E-state index in [1.54, 1.807) is 19.3 Å². The third-order valence-electron chi connectivity index (χ3n) is 5.29.